The Morgan fingerprint density at radius 3 is 2.79 bits per heavy atom. The van der Waals surface area contributed by atoms with Crippen LogP contribution in [0.5, 0.6) is 0 Å². The first-order valence-corrected chi connectivity index (χ1v) is 6.76. The van der Waals surface area contributed by atoms with Crippen LogP contribution in [-0.4, -0.2) is 35.0 Å². The number of aliphatic hydroxyl groups is 1. The fraction of sp³-hybridized carbons (Fsp3) is 0.533. The van der Waals surface area contributed by atoms with Crippen molar-refractivity contribution in [1.82, 2.24) is 4.90 Å². The fourth-order valence-corrected chi connectivity index (χ4v) is 4.31. The number of aliphatic hydroxyl groups excluding tert-OH is 1. The van der Waals surface area contributed by atoms with E-state index in [0.717, 1.165) is 30.7 Å². The van der Waals surface area contributed by atoms with Gasteiger partial charge in [-0.05, 0) is 38.2 Å². The second-order valence-corrected chi connectivity index (χ2v) is 5.95. The Kier molecular flexibility index (Phi) is 1.79. The number of allylic oxidation sites excluding steroid dienone is 3. The van der Waals surface area contributed by atoms with E-state index in [1.807, 2.05) is 6.92 Å². The number of piperidine rings is 1. The van der Waals surface area contributed by atoms with E-state index in [0.29, 0.717) is 17.1 Å². The molecule has 2 aliphatic carbocycles. The Balaban J connectivity index is 2.00. The first-order chi connectivity index (χ1) is 9.04. The number of Topliss-reactive ketones (excluding diaryl/α,β-unsaturated/α-hetero) is 1. The van der Waals surface area contributed by atoms with Gasteiger partial charge in [-0.25, -0.2) is 0 Å². The van der Waals surface area contributed by atoms with Crippen molar-refractivity contribution >= 4 is 5.78 Å². The third-order valence-electron chi connectivity index (χ3n) is 5.34. The van der Waals surface area contributed by atoms with E-state index >= 15 is 0 Å². The summed E-state index contributed by atoms with van der Waals surface area (Å²) in [4.78, 5) is 14.8. The molecule has 2 fully saturated rings. The van der Waals surface area contributed by atoms with Crippen molar-refractivity contribution < 1.29 is 14.6 Å². The van der Waals surface area contributed by atoms with Gasteiger partial charge in [0.25, 0.3) is 0 Å². The van der Waals surface area contributed by atoms with Crippen LogP contribution in [0.15, 0.2) is 33.9 Å². The predicted octanol–water partition coefficient (Wildman–Crippen LogP) is 2.05. The van der Waals surface area contributed by atoms with Crippen LogP contribution in [0.3, 0.4) is 0 Å². The zero-order chi connectivity index (χ0) is 13.5. The van der Waals surface area contributed by atoms with Crippen molar-refractivity contribution in [3.63, 3.8) is 0 Å². The van der Waals surface area contributed by atoms with Crippen molar-refractivity contribution in [2.24, 2.45) is 5.92 Å². The third-order valence-corrected chi connectivity index (χ3v) is 5.34. The van der Waals surface area contributed by atoms with Gasteiger partial charge >= 0.3 is 0 Å². The van der Waals surface area contributed by atoms with Gasteiger partial charge in [0, 0.05) is 12.1 Å². The van der Waals surface area contributed by atoms with Gasteiger partial charge in [0.15, 0.2) is 5.76 Å². The monoisotopic (exact) mass is 259 g/mol. The molecule has 1 spiro atoms. The van der Waals surface area contributed by atoms with Gasteiger partial charge < -0.3 is 14.7 Å². The molecular formula is C15H17NO3. The molecule has 2 aliphatic heterocycles. The molecule has 100 valence electrons. The summed E-state index contributed by atoms with van der Waals surface area (Å²) >= 11 is 0. The number of fused-ring (bicyclic) bond motifs is 2. The Bertz CT molecular complexity index is 625. The molecule has 4 aliphatic rings. The lowest BCUT2D eigenvalue weighted by atomic mass is 9.92. The summed E-state index contributed by atoms with van der Waals surface area (Å²) in [6.07, 6.45) is 2.28. The minimum Gasteiger partial charge on any atom is -0.505 e. The van der Waals surface area contributed by atoms with Crippen LogP contribution in [-0.2, 0) is 9.53 Å². The molecule has 4 heteroatoms. The maximum absolute atomic E-state index is 12.6. The maximum atomic E-state index is 12.6. The Morgan fingerprint density at radius 1 is 1.42 bits per heavy atom. The molecule has 4 rings (SSSR count). The van der Waals surface area contributed by atoms with E-state index in [1.165, 1.54) is 7.11 Å². The summed E-state index contributed by atoms with van der Waals surface area (Å²) in [6.45, 7) is 4.73. The first kappa shape index (κ1) is 11.1. The molecule has 0 amide bonds. The van der Waals surface area contributed by atoms with Crippen LogP contribution in [0.1, 0.15) is 26.7 Å². The van der Waals surface area contributed by atoms with Crippen molar-refractivity contribution in [3.05, 3.63) is 33.9 Å². The van der Waals surface area contributed by atoms with Crippen molar-refractivity contribution in [1.29, 1.82) is 0 Å². The second-order valence-electron chi connectivity index (χ2n) is 5.95. The third kappa shape index (κ3) is 0.979. The number of methoxy groups -OCH3 is 1. The van der Waals surface area contributed by atoms with Gasteiger partial charge in [0.05, 0.1) is 23.9 Å². The summed E-state index contributed by atoms with van der Waals surface area (Å²) in [5, 5.41) is 10.5. The summed E-state index contributed by atoms with van der Waals surface area (Å²) in [7, 11) is 1.49. The molecular weight excluding hydrogens is 242 g/mol. The summed E-state index contributed by atoms with van der Waals surface area (Å²) < 4.78 is 5.19. The van der Waals surface area contributed by atoms with Gasteiger partial charge in [-0.1, -0.05) is 0 Å². The van der Waals surface area contributed by atoms with E-state index < -0.39 is 0 Å². The number of nitrogens with zero attached hydrogens (tertiary/aromatic N) is 1. The Morgan fingerprint density at radius 2 is 2.16 bits per heavy atom. The van der Waals surface area contributed by atoms with E-state index in [9.17, 15) is 9.90 Å². The van der Waals surface area contributed by atoms with Gasteiger partial charge in [-0.2, -0.15) is 0 Å². The number of ketones is 1. The lowest BCUT2D eigenvalue weighted by Gasteiger charge is -2.28. The normalized spacial score (nSPS) is 35.8. The molecule has 1 N–H and O–H groups in total. The van der Waals surface area contributed by atoms with Crippen LogP contribution >= 0.6 is 0 Å². The van der Waals surface area contributed by atoms with Crippen molar-refractivity contribution in [2.45, 2.75) is 32.2 Å². The molecule has 0 aromatic rings. The standard InChI is InChI=1S/C15H17NO3/c1-7-12(17)11-10(13(18)14(7)19-3)8(2)15-6-9(15)4-5-16(11)15/h9,17H,4-6H2,1-3H3. The zero-order valence-electron chi connectivity index (χ0n) is 11.4. The highest BCUT2D eigenvalue weighted by molar-refractivity contribution is 6.13. The number of carbonyl (C=O) groups excluding carboxylic acids is 1. The average Bonchev–Trinajstić information content (AvgIpc) is 2.91. The molecule has 19 heavy (non-hydrogen) atoms. The largest absolute Gasteiger partial charge is 0.505 e. The lowest BCUT2D eigenvalue weighted by Crippen LogP contribution is -2.31. The molecule has 0 bridgehead atoms. The highest BCUT2D eigenvalue weighted by atomic mass is 16.5. The molecule has 0 radical (unpaired) electrons. The van der Waals surface area contributed by atoms with Gasteiger partial charge in [0.1, 0.15) is 5.76 Å². The topological polar surface area (TPSA) is 49.8 Å². The van der Waals surface area contributed by atoms with Crippen molar-refractivity contribution in [2.75, 3.05) is 13.7 Å². The molecule has 1 saturated heterocycles. The van der Waals surface area contributed by atoms with E-state index in [2.05, 4.69) is 4.90 Å². The lowest BCUT2D eigenvalue weighted by molar-refractivity contribution is -0.115. The molecule has 1 saturated carbocycles. The molecule has 4 nitrogen and oxygen atoms in total. The van der Waals surface area contributed by atoms with Gasteiger partial charge in [-0.15, -0.1) is 0 Å². The van der Waals surface area contributed by atoms with Crippen molar-refractivity contribution in [3.8, 4) is 0 Å². The van der Waals surface area contributed by atoms with Crippen LogP contribution in [0.2, 0.25) is 0 Å². The quantitative estimate of drug-likeness (QED) is 0.783. The minimum absolute atomic E-state index is 0.0395. The highest BCUT2D eigenvalue weighted by Crippen LogP contribution is 2.66. The molecule has 0 aromatic carbocycles. The Labute approximate surface area is 112 Å². The van der Waals surface area contributed by atoms with E-state index in [1.54, 1.807) is 6.92 Å². The Hall–Kier alpha value is -1.71. The summed E-state index contributed by atoms with van der Waals surface area (Å²) in [6, 6.07) is 0. The van der Waals surface area contributed by atoms with E-state index in [4.69, 9.17) is 4.74 Å². The fourth-order valence-electron chi connectivity index (χ4n) is 4.31. The van der Waals surface area contributed by atoms with Gasteiger partial charge in [0.2, 0.25) is 5.78 Å². The zero-order valence-corrected chi connectivity index (χ0v) is 11.4. The number of ether oxygens (including phenoxy) is 1. The number of carbonyl (C=O) groups is 1. The summed E-state index contributed by atoms with van der Waals surface area (Å²) in [5.41, 5.74) is 3.16. The number of hydrogen-bond acceptors (Lipinski definition) is 4. The highest BCUT2D eigenvalue weighted by Gasteiger charge is 2.68. The maximum Gasteiger partial charge on any atom is 0.230 e. The van der Waals surface area contributed by atoms with Crippen LogP contribution in [0.25, 0.3) is 0 Å². The van der Waals surface area contributed by atoms with Crippen LogP contribution in [0.4, 0.5) is 0 Å². The molecule has 0 aromatic heterocycles. The van der Waals surface area contributed by atoms with Gasteiger partial charge in [-0.3, -0.25) is 4.79 Å². The molecule has 2 heterocycles. The second kappa shape index (κ2) is 3.06. The number of rotatable bonds is 1. The van der Waals surface area contributed by atoms with Crippen LogP contribution < -0.4 is 0 Å². The number of hydrogen-bond donors (Lipinski definition) is 1. The average molecular weight is 259 g/mol. The van der Waals surface area contributed by atoms with E-state index in [-0.39, 0.29) is 22.8 Å². The smallest absolute Gasteiger partial charge is 0.230 e. The van der Waals surface area contributed by atoms with Crippen LogP contribution in [0, 0.1) is 5.92 Å². The molecule has 2 atom stereocenters. The predicted molar refractivity (Wildman–Crippen MR) is 69.2 cm³/mol. The minimum atomic E-state index is -0.0697. The first-order valence-electron chi connectivity index (χ1n) is 6.76. The summed E-state index contributed by atoms with van der Waals surface area (Å²) in [5.74, 6) is 1.09. The molecule has 2 unspecified atom stereocenters. The SMILES string of the molecule is COC1=C(C)C(O)=C2C(=C(C)C34CC3CCN24)C1=O.